The van der Waals surface area contributed by atoms with Crippen molar-refractivity contribution in [1.82, 2.24) is 9.88 Å². The van der Waals surface area contributed by atoms with Crippen molar-refractivity contribution in [3.8, 4) is 23.3 Å². The van der Waals surface area contributed by atoms with Crippen molar-refractivity contribution in [2.75, 3.05) is 14.1 Å². The Morgan fingerprint density at radius 3 is 2.12 bits per heavy atom. The summed E-state index contributed by atoms with van der Waals surface area (Å²) in [5.74, 6) is 0. The van der Waals surface area contributed by atoms with Crippen molar-refractivity contribution in [2.45, 2.75) is 6.92 Å². The highest BCUT2D eigenvalue weighted by molar-refractivity contribution is 6.39. The second-order valence-electron chi connectivity index (χ2n) is 5.31. The van der Waals surface area contributed by atoms with Gasteiger partial charge in [0.05, 0.1) is 22.5 Å². The molecule has 0 spiro atoms. The van der Waals surface area contributed by atoms with E-state index in [2.05, 4.69) is 17.1 Å². The zero-order valence-electron chi connectivity index (χ0n) is 13.4. The number of rotatable bonds is 3. The third kappa shape index (κ3) is 3.36. The predicted molar refractivity (Wildman–Crippen MR) is 96.6 cm³/mol. The number of aromatic nitrogens is 1. The Balaban J connectivity index is 2.93. The fourth-order valence-corrected chi connectivity index (χ4v) is 2.89. The van der Waals surface area contributed by atoms with Crippen LogP contribution in [0.3, 0.4) is 0 Å². The summed E-state index contributed by atoms with van der Waals surface area (Å²) in [6.07, 6.45) is 3.51. The molecule has 24 heavy (non-hydrogen) atoms. The maximum absolute atomic E-state index is 9.69. The molecule has 1 heterocycles. The van der Waals surface area contributed by atoms with E-state index in [1.165, 1.54) is 0 Å². The van der Waals surface area contributed by atoms with Gasteiger partial charge in [0.1, 0.15) is 12.1 Å². The first kappa shape index (κ1) is 17.8. The van der Waals surface area contributed by atoms with Crippen LogP contribution in [0, 0.1) is 29.6 Å². The third-order valence-corrected chi connectivity index (χ3v) is 4.00. The van der Waals surface area contributed by atoms with Crippen molar-refractivity contribution in [3.05, 3.63) is 57.0 Å². The summed E-state index contributed by atoms with van der Waals surface area (Å²) in [6, 6.07) is 9.33. The largest absolute Gasteiger partial charge is 0.383 e. The van der Waals surface area contributed by atoms with E-state index in [1.54, 1.807) is 37.4 Å². The molecule has 0 aliphatic heterocycles. The van der Waals surface area contributed by atoms with Crippen LogP contribution in [0.25, 0.3) is 17.2 Å². The number of benzene rings is 1. The number of hydrogen-bond acceptors (Lipinski definition) is 4. The Morgan fingerprint density at radius 2 is 1.62 bits per heavy atom. The van der Waals surface area contributed by atoms with Crippen LogP contribution in [0.1, 0.15) is 22.5 Å². The molecule has 1 aromatic heterocycles. The van der Waals surface area contributed by atoms with E-state index >= 15 is 0 Å². The van der Waals surface area contributed by atoms with Crippen molar-refractivity contribution in [1.29, 1.82) is 10.5 Å². The summed E-state index contributed by atoms with van der Waals surface area (Å²) in [7, 11) is 3.73. The van der Waals surface area contributed by atoms with Gasteiger partial charge in [-0.05, 0) is 25.1 Å². The lowest BCUT2D eigenvalue weighted by Gasteiger charge is -2.14. The molecule has 0 radical (unpaired) electrons. The number of pyridine rings is 1. The van der Waals surface area contributed by atoms with E-state index in [1.807, 2.05) is 19.0 Å². The van der Waals surface area contributed by atoms with E-state index in [9.17, 15) is 10.5 Å². The molecule has 1 aromatic carbocycles. The fourth-order valence-electron chi connectivity index (χ4n) is 2.30. The number of nitriles is 2. The van der Waals surface area contributed by atoms with Crippen LogP contribution >= 0.6 is 23.2 Å². The van der Waals surface area contributed by atoms with Gasteiger partial charge in [-0.1, -0.05) is 29.3 Å². The van der Waals surface area contributed by atoms with Crippen molar-refractivity contribution in [2.24, 2.45) is 0 Å². The molecule has 0 amide bonds. The molecule has 0 atom stereocenters. The van der Waals surface area contributed by atoms with Gasteiger partial charge in [-0.15, -0.1) is 0 Å². The molecule has 0 saturated heterocycles. The zero-order valence-corrected chi connectivity index (χ0v) is 14.9. The minimum Gasteiger partial charge on any atom is -0.383 e. The highest BCUT2D eigenvalue weighted by Crippen LogP contribution is 2.40. The van der Waals surface area contributed by atoms with Crippen LogP contribution in [-0.2, 0) is 0 Å². The van der Waals surface area contributed by atoms with Gasteiger partial charge in [-0.2, -0.15) is 10.5 Å². The first-order chi connectivity index (χ1) is 11.4. The SMILES string of the molecule is Cc1nc(/C=C/N(C)C)c(C#N)c(-c2c(Cl)cccc2Cl)c1C#N. The molecule has 120 valence electrons. The van der Waals surface area contributed by atoms with Crippen molar-refractivity contribution >= 4 is 29.3 Å². The summed E-state index contributed by atoms with van der Waals surface area (Å²) in [5, 5.41) is 20.0. The molecule has 0 N–H and O–H groups in total. The van der Waals surface area contributed by atoms with E-state index in [4.69, 9.17) is 23.2 Å². The molecule has 0 unspecified atom stereocenters. The highest BCUT2D eigenvalue weighted by Gasteiger charge is 2.22. The smallest absolute Gasteiger partial charge is 0.102 e. The summed E-state index contributed by atoms with van der Waals surface area (Å²) >= 11 is 12.6. The van der Waals surface area contributed by atoms with E-state index in [0.717, 1.165) is 0 Å². The summed E-state index contributed by atoms with van der Waals surface area (Å²) in [6.45, 7) is 1.72. The van der Waals surface area contributed by atoms with E-state index < -0.39 is 0 Å². The average molecular weight is 357 g/mol. The highest BCUT2D eigenvalue weighted by atomic mass is 35.5. The Morgan fingerprint density at radius 1 is 1.04 bits per heavy atom. The van der Waals surface area contributed by atoms with Crippen LogP contribution in [0.5, 0.6) is 0 Å². The van der Waals surface area contributed by atoms with Crippen LogP contribution in [-0.4, -0.2) is 24.0 Å². The average Bonchev–Trinajstić information content (AvgIpc) is 2.52. The van der Waals surface area contributed by atoms with Gasteiger partial charge in [0.2, 0.25) is 0 Å². The first-order valence-electron chi connectivity index (χ1n) is 7.04. The Kier molecular flexibility index (Phi) is 5.46. The Hall–Kier alpha value is -2.53. The van der Waals surface area contributed by atoms with Crippen molar-refractivity contribution in [3.63, 3.8) is 0 Å². The summed E-state index contributed by atoms with van der Waals surface area (Å²) in [4.78, 5) is 6.22. The molecule has 2 rings (SSSR count). The quantitative estimate of drug-likeness (QED) is 0.803. The van der Waals surface area contributed by atoms with Gasteiger partial charge in [0, 0.05) is 41.5 Å². The summed E-state index contributed by atoms with van der Waals surface area (Å²) in [5.41, 5.74) is 2.43. The maximum Gasteiger partial charge on any atom is 0.102 e. The molecule has 0 saturated carbocycles. The standard InChI is InChI=1S/C18H14Cl2N4/c1-11-12(9-21)17(18-14(19)5-4-6-15(18)20)13(10-22)16(23-11)7-8-24(2)3/h4-8H,1-3H3/b8-7+. The second-order valence-corrected chi connectivity index (χ2v) is 6.12. The van der Waals surface area contributed by atoms with Gasteiger partial charge >= 0.3 is 0 Å². The van der Waals surface area contributed by atoms with Gasteiger partial charge in [0.15, 0.2) is 0 Å². The van der Waals surface area contributed by atoms with Gasteiger partial charge in [-0.25, -0.2) is 0 Å². The number of halogens is 2. The lowest BCUT2D eigenvalue weighted by molar-refractivity contribution is 0.567. The molecule has 0 aliphatic carbocycles. The molecule has 0 bridgehead atoms. The molecular formula is C18H14Cl2N4. The third-order valence-electron chi connectivity index (χ3n) is 3.37. The second kappa shape index (κ2) is 7.36. The monoisotopic (exact) mass is 356 g/mol. The molecule has 6 heteroatoms. The van der Waals surface area contributed by atoms with Gasteiger partial charge < -0.3 is 4.90 Å². The topological polar surface area (TPSA) is 63.7 Å². The maximum atomic E-state index is 9.69. The predicted octanol–water partition coefficient (Wildman–Crippen LogP) is 4.64. The fraction of sp³-hybridized carbons (Fsp3) is 0.167. The minimum absolute atomic E-state index is 0.269. The molecule has 0 fully saturated rings. The van der Waals surface area contributed by atoms with E-state index in [0.29, 0.717) is 38.1 Å². The van der Waals surface area contributed by atoms with Gasteiger partial charge in [-0.3, -0.25) is 4.98 Å². The Labute approximate surface area is 151 Å². The van der Waals surface area contributed by atoms with Crippen LogP contribution in [0.4, 0.5) is 0 Å². The lowest BCUT2D eigenvalue weighted by atomic mass is 9.93. The van der Waals surface area contributed by atoms with Crippen LogP contribution in [0.2, 0.25) is 10.0 Å². The number of nitrogens with zero attached hydrogens (tertiary/aromatic N) is 4. The molecule has 2 aromatic rings. The zero-order chi connectivity index (χ0) is 17.9. The molecular weight excluding hydrogens is 343 g/mol. The van der Waals surface area contributed by atoms with Crippen LogP contribution < -0.4 is 0 Å². The minimum atomic E-state index is 0.269. The lowest BCUT2D eigenvalue weighted by Crippen LogP contribution is -2.04. The first-order valence-corrected chi connectivity index (χ1v) is 7.80. The van der Waals surface area contributed by atoms with Gasteiger partial charge in [0.25, 0.3) is 0 Å². The summed E-state index contributed by atoms with van der Waals surface area (Å²) < 4.78 is 0. The normalized spacial score (nSPS) is 10.5. The number of aryl methyl sites for hydroxylation is 1. The molecule has 0 aliphatic rings. The Bertz CT molecular complexity index is 882. The van der Waals surface area contributed by atoms with E-state index in [-0.39, 0.29) is 5.56 Å². The van der Waals surface area contributed by atoms with Crippen molar-refractivity contribution < 1.29 is 0 Å². The number of hydrogen-bond donors (Lipinski definition) is 0. The molecule has 4 nitrogen and oxygen atoms in total. The van der Waals surface area contributed by atoms with Crippen LogP contribution in [0.15, 0.2) is 24.4 Å².